The van der Waals surface area contributed by atoms with Gasteiger partial charge in [-0.25, -0.2) is 0 Å². The van der Waals surface area contributed by atoms with Crippen LogP contribution in [0.1, 0.15) is 51.4 Å². The van der Waals surface area contributed by atoms with Gasteiger partial charge in [0.25, 0.3) is 0 Å². The predicted molar refractivity (Wildman–Crippen MR) is 66.7 cm³/mol. The molecule has 0 saturated heterocycles. The molecule has 2 atom stereocenters. The molecule has 2 aliphatic carbocycles. The van der Waals surface area contributed by atoms with E-state index in [1.54, 1.807) is 0 Å². The first-order valence-corrected chi connectivity index (χ1v) is 7.57. The van der Waals surface area contributed by atoms with Gasteiger partial charge in [-0.2, -0.15) is 26.3 Å². The summed E-state index contributed by atoms with van der Waals surface area (Å²) in [6, 6.07) is -0.845. The SMILES string of the molecule is FC(F)(F)C1CCC(NC2CCCCC2C(F)(F)F)CC1. The lowest BCUT2D eigenvalue weighted by atomic mass is 9.81. The van der Waals surface area contributed by atoms with Gasteiger partial charge in [-0.05, 0) is 38.5 Å². The molecule has 2 rings (SSSR count). The number of hydrogen-bond acceptors (Lipinski definition) is 1. The molecule has 0 heterocycles. The Morgan fingerprint density at radius 2 is 1.24 bits per heavy atom. The van der Waals surface area contributed by atoms with Crippen LogP contribution < -0.4 is 5.32 Å². The Morgan fingerprint density at radius 3 is 1.76 bits per heavy atom. The molecule has 2 unspecified atom stereocenters. The Morgan fingerprint density at radius 1 is 0.667 bits per heavy atom. The van der Waals surface area contributed by atoms with Crippen LogP contribution in [0, 0.1) is 11.8 Å². The molecule has 0 spiro atoms. The monoisotopic (exact) mass is 317 g/mol. The zero-order valence-corrected chi connectivity index (χ0v) is 11.7. The van der Waals surface area contributed by atoms with Crippen LogP contribution in [0.25, 0.3) is 0 Å². The fourth-order valence-corrected chi connectivity index (χ4v) is 3.61. The van der Waals surface area contributed by atoms with E-state index in [1.807, 2.05) is 0 Å². The smallest absolute Gasteiger partial charge is 0.311 e. The van der Waals surface area contributed by atoms with Crippen molar-refractivity contribution < 1.29 is 26.3 Å². The topological polar surface area (TPSA) is 12.0 Å². The van der Waals surface area contributed by atoms with E-state index >= 15 is 0 Å². The lowest BCUT2D eigenvalue weighted by Gasteiger charge is -2.38. The summed E-state index contributed by atoms with van der Waals surface area (Å²) in [6.45, 7) is 0. The van der Waals surface area contributed by atoms with Gasteiger partial charge in [0.2, 0.25) is 0 Å². The Hall–Kier alpha value is -0.460. The summed E-state index contributed by atoms with van der Waals surface area (Å²) in [7, 11) is 0. The molecule has 0 aromatic carbocycles. The molecule has 1 nitrogen and oxygen atoms in total. The fraction of sp³-hybridized carbons (Fsp3) is 1.00. The van der Waals surface area contributed by atoms with Crippen molar-refractivity contribution in [2.45, 2.75) is 75.8 Å². The van der Waals surface area contributed by atoms with Crippen molar-refractivity contribution in [1.82, 2.24) is 5.32 Å². The van der Waals surface area contributed by atoms with Gasteiger partial charge in [-0.3, -0.25) is 0 Å². The Kier molecular flexibility index (Phi) is 5.11. The van der Waals surface area contributed by atoms with Gasteiger partial charge in [0.15, 0.2) is 0 Å². The minimum Gasteiger partial charge on any atom is -0.311 e. The van der Waals surface area contributed by atoms with Crippen molar-refractivity contribution >= 4 is 0 Å². The summed E-state index contributed by atoms with van der Waals surface area (Å²) in [5.41, 5.74) is 0. The van der Waals surface area contributed by atoms with Crippen LogP contribution >= 0.6 is 0 Å². The van der Waals surface area contributed by atoms with E-state index in [4.69, 9.17) is 0 Å². The maximum Gasteiger partial charge on any atom is 0.393 e. The van der Waals surface area contributed by atoms with Crippen molar-refractivity contribution in [3.8, 4) is 0 Å². The average Bonchev–Trinajstić information content (AvgIpc) is 2.37. The van der Waals surface area contributed by atoms with Crippen LogP contribution in [0.15, 0.2) is 0 Å². The standard InChI is InChI=1S/C14H21F6N/c15-13(16,17)9-5-7-10(8-6-9)21-12-4-2-1-3-11(12)14(18,19)20/h9-12,21H,1-8H2. The Balaban J connectivity index is 1.87. The summed E-state index contributed by atoms with van der Waals surface area (Å²) in [5, 5.41) is 3.00. The van der Waals surface area contributed by atoms with Crippen LogP contribution in [-0.2, 0) is 0 Å². The Bertz CT molecular complexity index is 329. The number of alkyl halides is 6. The van der Waals surface area contributed by atoms with Crippen molar-refractivity contribution in [2.24, 2.45) is 11.8 Å². The van der Waals surface area contributed by atoms with Gasteiger partial charge in [0.1, 0.15) is 0 Å². The van der Waals surface area contributed by atoms with Gasteiger partial charge in [-0.15, -0.1) is 0 Å². The van der Waals surface area contributed by atoms with Crippen molar-refractivity contribution in [1.29, 1.82) is 0 Å². The highest BCUT2D eigenvalue weighted by Gasteiger charge is 2.47. The third kappa shape index (κ3) is 4.50. The molecule has 2 aliphatic rings. The van der Waals surface area contributed by atoms with E-state index in [2.05, 4.69) is 5.32 Å². The number of rotatable bonds is 2. The van der Waals surface area contributed by atoms with Gasteiger partial charge >= 0.3 is 12.4 Å². The van der Waals surface area contributed by atoms with Gasteiger partial charge in [0, 0.05) is 12.1 Å². The number of nitrogens with one attached hydrogen (secondary N) is 1. The maximum atomic E-state index is 13.0. The summed E-state index contributed by atoms with van der Waals surface area (Å²) in [4.78, 5) is 0. The lowest BCUT2D eigenvalue weighted by molar-refractivity contribution is -0.191. The molecule has 0 aromatic heterocycles. The third-order valence-corrected chi connectivity index (χ3v) is 4.83. The largest absolute Gasteiger partial charge is 0.393 e. The summed E-state index contributed by atoms with van der Waals surface area (Å²) >= 11 is 0. The number of hydrogen-bond donors (Lipinski definition) is 1. The van der Waals surface area contributed by atoms with Crippen LogP contribution in [0.2, 0.25) is 0 Å². The number of halogens is 6. The van der Waals surface area contributed by atoms with Crippen molar-refractivity contribution in [2.75, 3.05) is 0 Å². The van der Waals surface area contributed by atoms with Gasteiger partial charge in [-0.1, -0.05) is 12.8 Å². The third-order valence-electron chi connectivity index (χ3n) is 4.83. The van der Waals surface area contributed by atoms with Crippen molar-refractivity contribution in [3.63, 3.8) is 0 Å². The lowest BCUT2D eigenvalue weighted by Crippen LogP contribution is -2.50. The van der Waals surface area contributed by atoms with Crippen LogP contribution in [-0.4, -0.2) is 24.4 Å². The highest BCUT2D eigenvalue weighted by Crippen LogP contribution is 2.40. The Labute approximate surface area is 120 Å². The summed E-state index contributed by atoms with van der Waals surface area (Å²) in [5.74, 6) is -2.65. The molecular weight excluding hydrogens is 296 g/mol. The van der Waals surface area contributed by atoms with E-state index in [9.17, 15) is 26.3 Å². The van der Waals surface area contributed by atoms with E-state index in [-0.39, 0.29) is 25.3 Å². The maximum absolute atomic E-state index is 13.0. The molecule has 124 valence electrons. The van der Waals surface area contributed by atoms with Crippen molar-refractivity contribution in [3.05, 3.63) is 0 Å². The van der Waals surface area contributed by atoms with Crippen LogP contribution in [0.4, 0.5) is 26.3 Å². The molecule has 0 bridgehead atoms. The second-order valence-electron chi connectivity index (χ2n) is 6.30. The molecule has 0 aromatic rings. The fourth-order valence-electron chi connectivity index (χ4n) is 3.61. The van der Waals surface area contributed by atoms with Crippen LogP contribution in [0.3, 0.4) is 0 Å². The van der Waals surface area contributed by atoms with E-state index in [1.165, 1.54) is 0 Å². The molecule has 2 fully saturated rings. The summed E-state index contributed by atoms with van der Waals surface area (Å²) < 4.78 is 76.7. The molecule has 2 saturated carbocycles. The normalized spacial score (nSPS) is 35.7. The molecule has 0 amide bonds. The van der Waals surface area contributed by atoms with E-state index < -0.39 is 30.2 Å². The zero-order valence-electron chi connectivity index (χ0n) is 11.7. The van der Waals surface area contributed by atoms with E-state index in [0.29, 0.717) is 25.7 Å². The first-order chi connectivity index (χ1) is 9.68. The predicted octanol–water partition coefficient (Wildman–Crippen LogP) is 4.82. The summed E-state index contributed by atoms with van der Waals surface area (Å²) in [6.07, 6.45) is -5.83. The van der Waals surface area contributed by atoms with Crippen LogP contribution in [0.5, 0.6) is 0 Å². The molecule has 7 heteroatoms. The zero-order chi connectivity index (χ0) is 15.7. The quantitative estimate of drug-likeness (QED) is 0.720. The molecular formula is C14H21F6N. The molecule has 1 N–H and O–H groups in total. The highest BCUT2D eigenvalue weighted by molar-refractivity contribution is 4.89. The van der Waals surface area contributed by atoms with Gasteiger partial charge < -0.3 is 5.32 Å². The average molecular weight is 317 g/mol. The molecule has 0 aliphatic heterocycles. The second kappa shape index (κ2) is 6.34. The first kappa shape index (κ1) is 16.9. The minimum absolute atomic E-state index is 0.0184. The molecule has 0 radical (unpaired) electrons. The highest BCUT2D eigenvalue weighted by atomic mass is 19.4. The van der Waals surface area contributed by atoms with Gasteiger partial charge in [0.05, 0.1) is 11.8 Å². The minimum atomic E-state index is -4.22. The molecule has 21 heavy (non-hydrogen) atoms. The first-order valence-electron chi connectivity index (χ1n) is 7.57. The second-order valence-corrected chi connectivity index (χ2v) is 6.30. The van der Waals surface area contributed by atoms with E-state index in [0.717, 1.165) is 6.42 Å².